The van der Waals surface area contributed by atoms with Gasteiger partial charge in [0.05, 0.1) is 25.5 Å². The first-order valence-corrected chi connectivity index (χ1v) is 9.69. The van der Waals surface area contributed by atoms with Gasteiger partial charge in [0.15, 0.2) is 0 Å². The molecule has 3 rings (SSSR count). The predicted octanol–water partition coefficient (Wildman–Crippen LogP) is 1.48. The SMILES string of the molecule is CC(C)(C)c1cc(NC(=O)CN2CCC(C(=O)N3CCOCC3)CC2)on1. The van der Waals surface area contributed by atoms with E-state index < -0.39 is 0 Å². The summed E-state index contributed by atoms with van der Waals surface area (Å²) in [4.78, 5) is 28.8. The number of nitrogens with zero attached hydrogens (tertiary/aromatic N) is 3. The van der Waals surface area contributed by atoms with E-state index >= 15 is 0 Å². The van der Waals surface area contributed by atoms with Crippen molar-refractivity contribution in [2.45, 2.75) is 39.0 Å². The summed E-state index contributed by atoms with van der Waals surface area (Å²) in [5.41, 5.74) is 0.682. The second kappa shape index (κ2) is 8.39. The van der Waals surface area contributed by atoms with Crippen LogP contribution in [0.1, 0.15) is 39.3 Å². The van der Waals surface area contributed by atoms with Gasteiger partial charge in [-0.3, -0.25) is 19.8 Å². The molecule has 27 heavy (non-hydrogen) atoms. The van der Waals surface area contributed by atoms with Crippen LogP contribution in [0.5, 0.6) is 0 Å². The van der Waals surface area contributed by atoms with Crippen molar-refractivity contribution in [2.24, 2.45) is 5.92 Å². The Balaban J connectivity index is 1.42. The van der Waals surface area contributed by atoms with Crippen LogP contribution in [-0.2, 0) is 19.7 Å². The Morgan fingerprint density at radius 3 is 2.44 bits per heavy atom. The molecular weight excluding hydrogens is 348 g/mol. The molecule has 2 fully saturated rings. The number of hydrogen-bond acceptors (Lipinski definition) is 6. The highest BCUT2D eigenvalue weighted by Gasteiger charge is 2.30. The standard InChI is InChI=1S/C19H30N4O4/c1-19(2,3)15-12-17(27-21-15)20-16(24)13-22-6-4-14(5-7-22)18(25)23-8-10-26-11-9-23/h12,14H,4-11,13H2,1-3H3,(H,20,24). The molecule has 0 spiro atoms. The maximum atomic E-state index is 12.6. The molecule has 1 N–H and O–H groups in total. The molecule has 1 aromatic rings. The molecule has 0 saturated carbocycles. The largest absolute Gasteiger partial charge is 0.378 e. The topological polar surface area (TPSA) is 87.9 Å². The van der Waals surface area contributed by atoms with Gasteiger partial charge in [0.2, 0.25) is 17.7 Å². The van der Waals surface area contributed by atoms with Crippen LogP contribution in [-0.4, -0.2) is 72.7 Å². The van der Waals surface area contributed by atoms with Crippen molar-refractivity contribution in [2.75, 3.05) is 51.3 Å². The second-order valence-corrected chi connectivity index (χ2v) is 8.36. The third kappa shape index (κ3) is 5.29. The van der Waals surface area contributed by atoms with Crippen LogP contribution in [0.4, 0.5) is 5.88 Å². The highest BCUT2D eigenvalue weighted by Crippen LogP contribution is 2.24. The minimum atomic E-state index is -0.124. The Morgan fingerprint density at radius 2 is 1.85 bits per heavy atom. The van der Waals surface area contributed by atoms with Gasteiger partial charge in [-0.2, -0.15) is 0 Å². The average Bonchev–Trinajstić information content (AvgIpc) is 3.11. The van der Waals surface area contributed by atoms with Gasteiger partial charge in [0.25, 0.3) is 0 Å². The van der Waals surface area contributed by atoms with Gasteiger partial charge in [-0.25, -0.2) is 0 Å². The van der Waals surface area contributed by atoms with Crippen molar-refractivity contribution in [3.05, 3.63) is 11.8 Å². The fourth-order valence-corrected chi connectivity index (χ4v) is 3.45. The molecule has 2 aliphatic rings. The number of carbonyl (C=O) groups excluding carboxylic acids is 2. The molecule has 0 unspecified atom stereocenters. The molecule has 8 nitrogen and oxygen atoms in total. The fraction of sp³-hybridized carbons (Fsp3) is 0.737. The average molecular weight is 378 g/mol. The van der Waals surface area contributed by atoms with E-state index in [0.717, 1.165) is 31.6 Å². The summed E-state index contributed by atoms with van der Waals surface area (Å²) in [6, 6.07) is 1.77. The molecule has 2 aliphatic heterocycles. The molecule has 3 heterocycles. The van der Waals surface area contributed by atoms with Crippen LogP contribution in [0, 0.1) is 5.92 Å². The zero-order chi connectivity index (χ0) is 19.4. The number of likely N-dealkylation sites (tertiary alicyclic amines) is 1. The summed E-state index contributed by atoms with van der Waals surface area (Å²) in [6.07, 6.45) is 1.58. The van der Waals surface area contributed by atoms with Crippen LogP contribution in [0.3, 0.4) is 0 Å². The molecular formula is C19H30N4O4. The lowest BCUT2D eigenvalue weighted by atomic mass is 9.92. The van der Waals surface area contributed by atoms with E-state index in [1.54, 1.807) is 6.07 Å². The molecule has 8 heteroatoms. The first-order valence-electron chi connectivity index (χ1n) is 9.69. The van der Waals surface area contributed by atoms with Gasteiger partial charge < -0.3 is 14.2 Å². The summed E-state index contributed by atoms with van der Waals surface area (Å²) in [7, 11) is 0. The van der Waals surface area contributed by atoms with Crippen LogP contribution >= 0.6 is 0 Å². The van der Waals surface area contributed by atoms with Crippen LogP contribution < -0.4 is 5.32 Å². The quantitative estimate of drug-likeness (QED) is 0.854. The van der Waals surface area contributed by atoms with E-state index in [-0.39, 0.29) is 23.1 Å². The molecule has 2 amide bonds. The van der Waals surface area contributed by atoms with E-state index in [1.807, 2.05) is 25.7 Å². The fourth-order valence-electron chi connectivity index (χ4n) is 3.45. The highest BCUT2D eigenvalue weighted by molar-refractivity contribution is 5.91. The van der Waals surface area contributed by atoms with Crippen LogP contribution in [0.25, 0.3) is 0 Å². The number of morpholine rings is 1. The minimum Gasteiger partial charge on any atom is -0.378 e. The highest BCUT2D eigenvalue weighted by atomic mass is 16.5. The number of anilines is 1. The van der Waals surface area contributed by atoms with E-state index in [1.165, 1.54) is 0 Å². The molecule has 0 bridgehead atoms. The summed E-state index contributed by atoms with van der Waals surface area (Å²) >= 11 is 0. The van der Waals surface area contributed by atoms with Crippen molar-refractivity contribution in [1.29, 1.82) is 0 Å². The minimum absolute atomic E-state index is 0.0611. The molecule has 150 valence electrons. The maximum absolute atomic E-state index is 12.6. The predicted molar refractivity (Wildman–Crippen MR) is 100 cm³/mol. The maximum Gasteiger partial charge on any atom is 0.240 e. The number of amides is 2. The molecule has 0 aromatic carbocycles. The van der Waals surface area contributed by atoms with Crippen molar-refractivity contribution < 1.29 is 18.8 Å². The van der Waals surface area contributed by atoms with Crippen molar-refractivity contribution in [3.8, 4) is 0 Å². The summed E-state index contributed by atoms with van der Waals surface area (Å²) in [5, 5.41) is 6.78. The molecule has 0 radical (unpaired) electrons. The lowest BCUT2D eigenvalue weighted by molar-refractivity contribution is -0.141. The van der Waals surface area contributed by atoms with Crippen molar-refractivity contribution in [3.63, 3.8) is 0 Å². The molecule has 0 atom stereocenters. The first-order chi connectivity index (χ1) is 12.8. The molecule has 1 aromatic heterocycles. The monoisotopic (exact) mass is 378 g/mol. The smallest absolute Gasteiger partial charge is 0.240 e. The Morgan fingerprint density at radius 1 is 1.19 bits per heavy atom. The zero-order valence-electron chi connectivity index (χ0n) is 16.5. The van der Waals surface area contributed by atoms with Gasteiger partial charge in [-0.1, -0.05) is 25.9 Å². The van der Waals surface area contributed by atoms with Crippen LogP contribution in [0.2, 0.25) is 0 Å². The van der Waals surface area contributed by atoms with E-state index in [2.05, 4.69) is 15.4 Å². The molecule has 2 saturated heterocycles. The normalized spacial score (nSPS) is 19.9. The lowest BCUT2D eigenvalue weighted by Crippen LogP contribution is -2.47. The molecule has 0 aliphatic carbocycles. The van der Waals surface area contributed by atoms with E-state index in [0.29, 0.717) is 38.7 Å². The van der Waals surface area contributed by atoms with E-state index in [9.17, 15) is 9.59 Å². The Bertz CT molecular complexity index is 653. The first kappa shape index (κ1) is 19.8. The number of ether oxygens (including phenoxy) is 1. The Kier molecular flexibility index (Phi) is 6.16. The van der Waals surface area contributed by atoms with E-state index in [4.69, 9.17) is 9.26 Å². The summed E-state index contributed by atoms with van der Waals surface area (Å²) in [5.74, 6) is 0.552. The van der Waals surface area contributed by atoms with Gasteiger partial charge in [0, 0.05) is 30.5 Å². The number of aromatic nitrogens is 1. The number of rotatable bonds is 4. The third-order valence-electron chi connectivity index (χ3n) is 5.17. The number of piperidine rings is 1. The van der Waals surface area contributed by atoms with Gasteiger partial charge in [-0.15, -0.1) is 0 Å². The van der Waals surface area contributed by atoms with Gasteiger partial charge >= 0.3 is 0 Å². The Labute approximate surface area is 160 Å². The second-order valence-electron chi connectivity index (χ2n) is 8.36. The summed E-state index contributed by atoms with van der Waals surface area (Å²) in [6.45, 7) is 10.5. The Hall–Kier alpha value is -1.93. The van der Waals surface area contributed by atoms with Crippen molar-refractivity contribution >= 4 is 17.7 Å². The van der Waals surface area contributed by atoms with Crippen molar-refractivity contribution in [1.82, 2.24) is 15.0 Å². The lowest BCUT2D eigenvalue weighted by Gasteiger charge is -2.35. The van der Waals surface area contributed by atoms with Gasteiger partial charge in [-0.05, 0) is 25.9 Å². The number of hydrogen-bond donors (Lipinski definition) is 1. The van der Waals surface area contributed by atoms with Crippen LogP contribution in [0.15, 0.2) is 10.6 Å². The summed E-state index contributed by atoms with van der Waals surface area (Å²) < 4.78 is 10.5. The van der Waals surface area contributed by atoms with Gasteiger partial charge in [0.1, 0.15) is 0 Å². The third-order valence-corrected chi connectivity index (χ3v) is 5.17. The number of nitrogens with one attached hydrogen (secondary N) is 1. The number of carbonyl (C=O) groups is 2. The zero-order valence-corrected chi connectivity index (χ0v) is 16.5.